The van der Waals surface area contributed by atoms with Gasteiger partial charge in [0.05, 0.1) is 11.5 Å². The second-order valence-corrected chi connectivity index (χ2v) is 8.91. The third-order valence-corrected chi connectivity index (χ3v) is 7.30. The molecule has 162 valence electrons. The number of hydrogen-bond acceptors (Lipinski definition) is 3. The molecule has 0 amide bonds. The first-order chi connectivity index (χ1) is 15.6. The summed E-state index contributed by atoms with van der Waals surface area (Å²) in [6.07, 6.45) is 2.07. The van der Waals surface area contributed by atoms with Gasteiger partial charge in [-0.1, -0.05) is 91.0 Å². The van der Waals surface area contributed by atoms with E-state index in [1.807, 2.05) is 91.0 Å². The van der Waals surface area contributed by atoms with Crippen LogP contribution in [0, 0.1) is 11.3 Å². The first-order valence-corrected chi connectivity index (χ1v) is 11.5. The third kappa shape index (κ3) is 4.21. The van der Waals surface area contributed by atoms with Crippen molar-refractivity contribution in [2.75, 3.05) is 19.6 Å². The molecule has 0 radical (unpaired) electrons. The van der Waals surface area contributed by atoms with Gasteiger partial charge in [-0.05, 0) is 60.6 Å². The minimum absolute atomic E-state index is 0.275. The van der Waals surface area contributed by atoms with Crippen molar-refractivity contribution in [1.82, 2.24) is 4.90 Å². The van der Waals surface area contributed by atoms with Crippen molar-refractivity contribution in [3.63, 3.8) is 0 Å². The molecule has 0 N–H and O–H groups in total. The Labute approximate surface area is 195 Å². The maximum Gasteiger partial charge on any atom is 0.232 e. The number of likely N-dealkylation sites (tertiary alicyclic amines) is 1. The number of carbonyl (C=O) groups excluding carboxylic acids is 1. The van der Waals surface area contributed by atoms with Crippen molar-refractivity contribution in [2.45, 2.75) is 30.1 Å². The zero-order chi connectivity index (χ0) is 22.4. The van der Waals surface area contributed by atoms with E-state index < -0.39 is 10.8 Å². The van der Waals surface area contributed by atoms with Crippen molar-refractivity contribution in [1.29, 1.82) is 5.26 Å². The van der Waals surface area contributed by atoms with Crippen LogP contribution < -0.4 is 0 Å². The van der Waals surface area contributed by atoms with E-state index in [2.05, 4.69) is 11.0 Å². The fourth-order valence-corrected chi connectivity index (χ4v) is 5.22. The highest BCUT2D eigenvalue weighted by atomic mass is 35.5. The largest absolute Gasteiger partial charge is 0.303 e. The molecule has 32 heavy (non-hydrogen) atoms. The summed E-state index contributed by atoms with van der Waals surface area (Å²) in [7, 11) is 0. The maximum absolute atomic E-state index is 12.5. The Hall–Kier alpha value is -2.93. The minimum atomic E-state index is -0.710. The lowest BCUT2D eigenvalue weighted by Crippen LogP contribution is -2.47. The summed E-state index contributed by atoms with van der Waals surface area (Å²) >= 11 is 6.13. The van der Waals surface area contributed by atoms with Gasteiger partial charge in [0.15, 0.2) is 0 Å². The number of hydrogen-bond donors (Lipinski definition) is 0. The average molecular weight is 443 g/mol. The molecule has 3 aromatic rings. The Bertz CT molecular complexity index is 1030. The summed E-state index contributed by atoms with van der Waals surface area (Å²) in [6, 6.07) is 32.6. The maximum atomic E-state index is 12.5. The molecular weight excluding hydrogens is 416 g/mol. The molecule has 1 saturated heterocycles. The summed E-state index contributed by atoms with van der Waals surface area (Å²) in [5.41, 5.74) is 1.70. The zero-order valence-electron chi connectivity index (χ0n) is 18.1. The second-order valence-electron chi connectivity index (χ2n) is 8.56. The lowest BCUT2D eigenvalue weighted by atomic mass is 9.72. The quantitative estimate of drug-likeness (QED) is 0.442. The van der Waals surface area contributed by atoms with Crippen LogP contribution in [0.3, 0.4) is 0 Å². The summed E-state index contributed by atoms with van der Waals surface area (Å²) in [5.74, 6) is 0. The van der Waals surface area contributed by atoms with E-state index in [0.29, 0.717) is 19.3 Å². The molecule has 3 aromatic carbocycles. The first kappa shape index (κ1) is 22.3. The highest BCUT2D eigenvalue weighted by molar-refractivity contribution is 6.65. The third-order valence-electron chi connectivity index (χ3n) is 6.94. The molecule has 3 nitrogen and oxygen atoms in total. The van der Waals surface area contributed by atoms with Crippen LogP contribution in [0.5, 0.6) is 0 Å². The van der Waals surface area contributed by atoms with E-state index in [-0.39, 0.29) is 5.24 Å². The average Bonchev–Trinajstić information content (AvgIpc) is 2.87. The number of piperidine rings is 1. The second kappa shape index (κ2) is 9.69. The number of halogens is 1. The van der Waals surface area contributed by atoms with Gasteiger partial charge in [0, 0.05) is 6.54 Å². The highest BCUT2D eigenvalue weighted by Crippen LogP contribution is 2.39. The Kier molecular flexibility index (Phi) is 6.74. The van der Waals surface area contributed by atoms with Gasteiger partial charge < -0.3 is 4.90 Å². The van der Waals surface area contributed by atoms with Gasteiger partial charge in [-0.3, -0.25) is 4.79 Å². The Morgan fingerprint density at radius 2 is 1.34 bits per heavy atom. The van der Waals surface area contributed by atoms with Gasteiger partial charge in [0.25, 0.3) is 0 Å². The Balaban J connectivity index is 1.53. The smallest absolute Gasteiger partial charge is 0.232 e. The lowest BCUT2D eigenvalue weighted by Gasteiger charge is -2.40. The van der Waals surface area contributed by atoms with Gasteiger partial charge in [-0.25, -0.2) is 0 Å². The van der Waals surface area contributed by atoms with Crippen molar-refractivity contribution >= 4 is 16.8 Å². The molecular formula is C28H27ClN2O. The van der Waals surface area contributed by atoms with E-state index in [1.54, 1.807) is 0 Å². The molecule has 0 aliphatic carbocycles. The molecule has 0 atom stereocenters. The van der Waals surface area contributed by atoms with Gasteiger partial charge >= 0.3 is 0 Å². The van der Waals surface area contributed by atoms with Crippen molar-refractivity contribution in [3.05, 3.63) is 108 Å². The number of carbonyl (C=O) groups is 1. The highest BCUT2D eigenvalue weighted by Gasteiger charge is 2.42. The SMILES string of the molecule is N#CC(CCN1CCC(C(=O)Cl)(c2ccccc2)CC1)(c1ccccc1)c1ccccc1. The molecule has 0 aromatic heterocycles. The number of nitrogens with zero attached hydrogens (tertiary/aromatic N) is 2. The van der Waals surface area contributed by atoms with Crippen molar-refractivity contribution in [3.8, 4) is 6.07 Å². The molecule has 1 heterocycles. The van der Waals surface area contributed by atoms with Crippen LogP contribution in [0.2, 0.25) is 0 Å². The summed E-state index contributed by atoms with van der Waals surface area (Å²) in [5, 5.41) is 10.1. The monoisotopic (exact) mass is 442 g/mol. The first-order valence-electron chi connectivity index (χ1n) is 11.1. The van der Waals surface area contributed by atoms with Crippen LogP contribution >= 0.6 is 11.6 Å². The van der Waals surface area contributed by atoms with E-state index >= 15 is 0 Å². The van der Waals surface area contributed by atoms with E-state index in [1.165, 1.54) is 0 Å². The van der Waals surface area contributed by atoms with Gasteiger partial charge in [-0.15, -0.1) is 0 Å². The van der Waals surface area contributed by atoms with Crippen LogP contribution in [-0.2, 0) is 15.6 Å². The molecule has 4 rings (SSSR count). The minimum Gasteiger partial charge on any atom is -0.303 e. The molecule has 1 aliphatic heterocycles. The van der Waals surface area contributed by atoms with Crippen molar-refractivity contribution < 1.29 is 4.79 Å². The number of rotatable bonds is 7. The molecule has 0 bridgehead atoms. The predicted octanol–water partition coefficient (Wildman–Crippen LogP) is 5.69. The lowest BCUT2D eigenvalue weighted by molar-refractivity contribution is -0.118. The van der Waals surface area contributed by atoms with E-state index in [9.17, 15) is 10.1 Å². The Morgan fingerprint density at radius 1 is 0.875 bits per heavy atom. The fraction of sp³-hybridized carbons (Fsp3) is 0.286. The van der Waals surface area contributed by atoms with E-state index in [4.69, 9.17) is 11.6 Å². The van der Waals surface area contributed by atoms with Crippen LogP contribution in [-0.4, -0.2) is 29.8 Å². The topological polar surface area (TPSA) is 44.1 Å². The van der Waals surface area contributed by atoms with Gasteiger partial charge in [0.1, 0.15) is 5.41 Å². The normalized spacial score (nSPS) is 16.2. The van der Waals surface area contributed by atoms with Crippen molar-refractivity contribution in [2.24, 2.45) is 0 Å². The molecule has 0 unspecified atom stereocenters. The molecule has 0 saturated carbocycles. The standard InChI is InChI=1S/C28H27ClN2O/c29-26(32)27(23-10-4-1-5-11-23)16-19-31(20-17-27)21-18-28(22-30,24-12-6-2-7-13-24)25-14-8-3-9-15-25/h1-15H,16-21H2. The fourth-order valence-electron chi connectivity index (χ4n) is 4.93. The molecule has 4 heteroatoms. The summed E-state index contributed by atoms with van der Waals surface area (Å²) in [6.45, 7) is 2.33. The summed E-state index contributed by atoms with van der Waals surface area (Å²) in [4.78, 5) is 14.8. The zero-order valence-corrected chi connectivity index (χ0v) is 18.8. The number of nitriles is 1. The van der Waals surface area contributed by atoms with Crippen LogP contribution in [0.25, 0.3) is 0 Å². The molecule has 1 fully saturated rings. The molecule has 1 aliphatic rings. The predicted molar refractivity (Wildman–Crippen MR) is 129 cm³/mol. The van der Waals surface area contributed by atoms with Crippen LogP contribution in [0.4, 0.5) is 0 Å². The molecule has 0 spiro atoms. The van der Waals surface area contributed by atoms with Gasteiger partial charge in [-0.2, -0.15) is 5.26 Å². The van der Waals surface area contributed by atoms with E-state index in [0.717, 1.165) is 36.3 Å². The number of benzene rings is 3. The summed E-state index contributed by atoms with van der Waals surface area (Å²) < 4.78 is 0. The Morgan fingerprint density at radius 3 is 1.78 bits per heavy atom. The van der Waals surface area contributed by atoms with Gasteiger partial charge in [0.2, 0.25) is 5.24 Å². The van der Waals surface area contributed by atoms with Crippen LogP contribution in [0.15, 0.2) is 91.0 Å². The van der Waals surface area contributed by atoms with Crippen LogP contribution in [0.1, 0.15) is 36.0 Å².